The molecule has 0 radical (unpaired) electrons. The molecule has 6 heteroatoms. The van der Waals surface area contributed by atoms with E-state index in [2.05, 4.69) is 15.6 Å². The van der Waals surface area contributed by atoms with Gasteiger partial charge in [0.15, 0.2) is 5.96 Å². The quantitative estimate of drug-likeness (QED) is 0.281. The Labute approximate surface area is 155 Å². The van der Waals surface area contributed by atoms with Crippen molar-refractivity contribution in [1.29, 1.82) is 0 Å². The zero-order chi connectivity index (χ0) is 15.8. The van der Waals surface area contributed by atoms with Crippen LogP contribution in [0, 0.1) is 12.8 Å². The van der Waals surface area contributed by atoms with Gasteiger partial charge in [-0.1, -0.05) is 30.5 Å². The second-order valence-electron chi connectivity index (χ2n) is 5.96. The van der Waals surface area contributed by atoms with Crippen LogP contribution in [0.1, 0.15) is 37.7 Å². The summed E-state index contributed by atoms with van der Waals surface area (Å²) >= 11 is 0. The van der Waals surface area contributed by atoms with Gasteiger partial charge in [0.05, 0.1) is 6.54 Å². The van der Waals surface area contributed by atoms with Crippen molar-refractivity contribution < 1.29 is 4.79 Å². The third-order valence-corrected chi connectivity index (χ3v) is 3.99. The highest BCUT2D eigenvalue weighted by molar-refractivity contribution is 14.0. The Morgan fingerprint density at radius 2 is 1.91 bits per heavy atom. The topological polar surface area (TPSA) is 79.5 Å². The predicted octanol–water partition coefficient (Wildman–Crippen LogP) is 3.04. The Morgan fingerprint density at radius 3 is 2.57 bits per heavy atom. The fourth-order valence-corrected chi connectivity index (χ4v) is 2.74. The second-order valence-corrected chi connectivity index (χ2v) is 5.96. The first-order chi connectivity index (χ1) is 10.6. The number of hydrogen-bond donors (Lipinski definition) is 3. The molecule has 0 spiro atoms. The number of nitrogens with two attached hydrogens (primary N) is 1. The highest BCUT2D eigenvalue weighted by atomic mass is 127. The fourth-order valence-electron chi connectivity index (χ4n) is 2.74. The van der Waals surface area contributed by atoms with Crippen LogP contribution in [0.5, 0.6) is 0 Å². The molecule has 2 rings (SSSR count). The van der Waals surface area contributed by atoms with Gasteiger partial charge < -0.3 is 16.4 Å². The van der Waals surface area contributed by atoms with E-state index in [1.54, 1.807) is 0 Å². The standard InChI is InChI=1S/C17H26N4O.HI/c1-13-6-8-15(9-7-13)21-17(18)20-11-10-19-16(22)12-14-4-2-3-5-14;/h6-9,14H,2-5,10-12H2,1H3,(H,19,22)(H3,18,20,21);1H. The number of anilines is 1. The summed E-state index contributed by atoms with van der Waals surface area (Å²) < 4.78 is 0. The number of benzene rings is 1. The normalized spacial score (nSPS) is 15.1. The van der Waals surface area contributed by atoms with Crippen LogP contribution in [0.4, 0.5) is 5.69 Å². The zero-order valence-corrected chi connectivity index (χ0v) is 16.0. The van der Waals surface area contributed by atoms with E-state index >= 15 is 0 Å². The molecule has 1 aromatic carbocycles. The van der Waals surface area contributed by atoms with Crippen molar-refractivity contribution in [2.45, 2.75) is 39.0 Å². The maximum Gasteiger partial charge on any atom is 0.220 e. The first-order valence-electron chi connectivity index (χ1n) is 8.04. The summed E-state index contributed by atoms with van der Waals surface area (Å²) in [6.45, 7) is 3.05. The van der Waals surface area contributed by atoms with Crippen LogP contribution >= 0.6 is 24.0 Å². The van der Waals surface area contributed by atoms with Crippen molar-refractivity contribution in [2.75, 3.05) is 18.4 Å². The number of rotatable bonds is 6. The van der Waals surface area contributed by atoms with Gasteiger partial charge in [0.2, 0.25) is 5.91 Å². The number of halogens is 1. The monoisotopic (exact) mass is 430 g/mol. The third kappa shape index (κ3) is 7.67. The molecule has 1 fully saturated rings. The highest BCUT2D eigenvalue weighted by Crippen LogP contribution is 2.27. The number of carbonyl (C=O) groups is 1. The molecule has 1 saturated carbocycles. The van der Waals surface area contributed by atoms with E-state index in [0.29, 0.717) is 31.4 Å². The lowest BCUT2D eigenvalue weighted by Crippen LogP contribution is -2.29. The molecule has 0 unspecified atom stereocenters. The van der Waals surface area contributed by atoms with E-state index in [0.717, 1.165) is 5.69 Å². The van der Waals surface area contributed by atoms with Crippen LogP contribution in [-0.4, -0.2) is 25.0 Å². The van der Waals surface area contributed by atoms with Crippen LogP contribution in [0.3, 0.4) is 0 Å². The predicted molar refractivity (Wildman–Crippen MR) is 106 cm³/mol. The van der Waals surface area contributed by atoms with Crippen molar-refractivity contribution in [3.05, 3.63) is 29.8 Å². The summed E-state index contributed by atoms with van der Waals surface area (Å²) in [5.74, 6) is 1.08. The van der Waals surface area contributed by atoms with E-state index in [9.17, 15) is 4.79 Å². The van der Waals surface area contributed by atoms with Crippen LogP contribution in [-0.2, 0) is 4.79 Å². The minimum atomic E-state index is 0. The van der Waals surface area contributed by atoms with Crippen LogP contribution in [0.25, 0.3) is 0 Å². The van der Waals surface area contributed by atoms with Gasteiger partial charge >= 0.3 is 0 Å². The Balaban J connectivity index is 0.00000264. The smallest absolute Gasteiger partial charge is 0.220 e. The maximum absolute atomic E-state index is 11.8. The maximum atomic E-state index is 11.8. The molecular formula is C17H27IN4O. The molecular weight excluding hydrogens is 403 g/mol. The molecule has 0 bridgehead atoms. The highest BCUT2D eigenvalue weighted by Gasteiger charge is 2.17. The Hall–Kier alpha value is -1.31. The van der Waals surface area contributed by atoms with Gasteiger partial charge in [-0.15, -0.1) is 24.0 Å². The summed E-state index contributed by atoms with van der Waals surface area (Å²) in [4.78, 5) is 16.0. The molecule has 1 aliphatic rings. The van der Waals surface area contributed by atoms with Gasteiger partial charge in [-0.05, 0) is 37.8 Å². The lowest BCUT2D eigenvalue weighted by atomic mass is 10.0. The van der Waals surface area contributed by atoms with Crippen molar-refractivity contribution in [2.24, 2.45) is 16.6 Å². The second kappa shape index (κ2) is 10.5. The molecule has 1 aliphatic carbocycles. The minimum Gasteiger partial charge on any atom is -0.370 e. The average molecular weight is 430 g/mol. The molecule has 1 aromatic rings. The Kier molecular flexibility index (Phi) is 8.98. The van der Waals surface area contributed by atoms with Gasteiger partial charge in [-0.2, -0.15) is 0 Å². The number of amides is 1. The number of nitrogens with one attached hydrogen (secondary N) is 2. The first kappa shape index (κ1) is 19.7. The van der Waals surface area contributed by atoms with Gasteiger partial charge in [-0.25, -0.2) is 0 Å². The zero-order valence-electron chi connectivity index (χ0n) is 13.7. The molecule has 0 heterocycles. The number of aryl methyl sites for hydroxylation is 1. The summed E-state index contributed by atoms with van der Waals surface area (Å²) in [6, 6.07) is 7.94. The van der Waals surface area contributed by atoms with E-state index < -0.39 is 0 Å². The van der Waals surface area contributed by atoms with E-state index in [-0.39, 0.29) is 29.9 Å². The van der Waals surface area contributed by atoms with E-state index in [4.69, 9.17) is 5.73 Å². The summed E-state index contributed by atoms with van der Waals surface area (Å²) in [5, 5.41) is 5.94. The van der Waals surface area contributed by atoms with E-state index in [1.807, 2.05) is 31.2 Å². The summed E-state index contributed by atoms with van der Waals surface area (Å²) in [6.07, 6.45) is 5.58. The molecule has 1 amide bonds. The number of nitrogens with zero attached hydrogens (tertiary/aromatic N) is 1. The van der Waals surface area contributed by atoms with Crippen molar-refractivity contribution in [3.63, 3.8) is 0 Å². The van der Waals surface area contributed by atoms with Crippen LogP contribution in [0.15, 0.2) is 29.3 Å². The molecule has 0 aromatic heterocycles. The molecule has 0 atom stereocenters. The Bertz CT molecular complexity index is 510. The number of guanidine groups is 1. The lowest BCUT2D eigenvalue weighted by Gasteiger charge is -2.09. The van der Waals surface area contributed by atoms with Gasteiger partial charge in [0.1, 0.15) is 0 Å². The molecule has 23 heavy (non-hydrogen) atoms. The molecule has 5 nitrogen and oxygen atoms in total. The van der Waals surface area contributed by atoms with Crippen LogP contribution in [0.2, 0.25) is 0 Å². The number of aliphatic imine (C=N–C) groups is 1. The van der Waals surface area contributed by atoms with Crippen LogP contribution < -0.4 is 16.4 Å². The van der Waals surface area contributed by atoms with E-state index in [1.165, 1.54) is 31.2 Å². The lowest BCUT2D eigenvalue weighted by molar-refractivity contribution is -0.121. The average Bonchev–Trinajstić information content (AvgIpc) is 2.99. The molecule has 128 valence electrons. The van der Waals surface area contributed by atoms with Gasteiger partial charge in [0, 0.05) is 18.7 Å². The van der Waals surface area contributed by atoms with Crippen molar-refractivity contribution in [3.8, 4) is 0 Å². The number of carbonyl (C=O) groups excluding carboxylic acids is 1. The largest absolute Gasteiger partial charge is 0.370 e. The van der Waals surface area contributed by atoms with Gasteiger partial charge in [0.25, 0.3) is 0 Å². The van der Waals surface area contributed by atoms with Crippen molar-refractivity contribution >= 4 is 41.5 Å². The van der Waals surface area contributed by atoms with Crippen molar-refractivity contribution in [1.82, 2.24) is 5.32 Å². The number of hydrogen-bond acceptors (Lipinski definition) is 2. The molecule has 0 saturated heterocycles. The summed E-state index contributed by atoms with van der Waals surface area (Å²) in [7, 11) is 0. The first-order valence-corrected chi connectivity index (χ1v) is 8.04. The Morgan fingerprint density at radius 1 is 1.26 bits per heavy atom. The summed E-state index contributed by atoms with van der Waals surface area (Å²) in [5.41, 5.74) is 7.93. The SMILES string of the molecule is Cc1ccc(NC(N)=NCCNC(=O)CC2CCCC2)cc1.I. The fraction of sp³-hybridized carbons (Fsp3) is 0.529. The third-order valence-electron chi connectivity index (χ3n) is 3.99. The molecule has 0 aliphatic heterocycles. The molecule has 4 N–H and O–H groups in total. The minimum absolute atomic E-state index is 0. The van der Waals surface area contributed by atoms with Gasteiger partial charge in [-0.3, -0.25) is 9.79 Å².